The molecule has 0 bridgehead atoms. The zero-order chi connectivity index (χ0) is 10.7. The van der Waals surface area contributed by atoms with Gasteiger partial charge in [0.1, 0.15) is 0 Å². The van der Waals surface area contributed by atoms with Gasteiger partial charge >= 0.3 is 6.61 Å². The van der Waals surface area contributed by atoms with Crippen molar-refractivity contribution in [2.45, 2.75) is 6.61 Å². The summed E-state index contributed by atoms with van der Waals surface area (Å²) in [5, 5.41) is -0.871. The number of rotatable bonds is 3. The molecule has 0 radical (unpaired) electrons. The minimum atomic E-state index is -3.15. The molecule has 0 saturated carbocycles. The zero-order valence-electron chi connectivity index (χ0n) is 6.64. The van der Waals surface area contributed by atoms with Gasteiger partial charge in [-0.3, -0.25) is 4.79 Å². The molecule has 76 valence electrons. The van der Waals surface area contributed by atoms with E-state index in [0.29, 0.717) is 0 Å². The number of hydrogen-bond donors (Lipinski definition) is 0. The van der Waals surface area contributed by atoms with E-state index in [2.05, 4.69) is 4.74 Å². The third-order valence-corrected chi connectivity index (χ3v) is 1.59. The monoisotopic (exact) mass is 224 g/mol. The summed E-state index contributed by atoms with van der Waals surface area (Å²) in [4.78, 5) is 10.6. The van der Waals surface area contributed by atoms with E-state index >= 15 is 0 Å². The molecule has 0 saturated heterocycles. The first-order valence-electron chi connectivity index (χ1n) is 3.45. The largest absolute Gasteiger partial charge is 0.432 e. The lowest BCUT2D eigenvalue weighted by Crippen LogP contribution is -2.04. The summed E-state index contributed by atoms with van der Waals surface area (Å²) < 4.78 is 40.1. The summed E-state index contributed by atoms with van der Waals surface area (Å²) >= 11 is 5.06. The maximum atomic E-state index is 12.8. The van der Waals surface area contributed by atoms with Crippen LogP contribution in [0.2, 0.25) is 0 Å². The first kappa shape index (κ1) is 10.8. The van der Waals surface area contributed by atoms with Gasteiger partial charge in [0.05, 0.1) is 0 Å². The SMILES string of the molecule is O=C(Cl)c1ccc(F)c(OC(F)F)c1. The zero-order valence-corrected chi connectivity index (χ0v) is 7.39. The molecular weight excluding hydrogens is 221 g/mol. The maximum Gasteiger partial charge on any atom is 0.387 e. The molecule has 0 fully saturated rings. The Bertz CT molecular complexity index is 354. The normalized spacial score (nSPS) is 10.4. The lowest BCUT2D eigenvalue weighted by Gasteiger charge is -2.05. The lowest BCUT2D eigenvalue weighted by atomic mass is 10.2. The van der Waals surface area contributed by atoms with Crippen molar-refractivity contribution in [3.8, 4) is 5.75 Å². The first-order valence-corrected chi connectivity index (χ1v) is 3.82. The molecule has 0 aliphatic carbocycles. The molecule has 6 heteroatoms. The minimum Gasteiger partial charge on any atom is -0.432 e. The number of carbonyl (C=O) groups is 1. The highest BCUT2D eigenvalue weighted by molar-refractivity contribution is 6.67. The minimum absolute atomic E-state index is 0.108. The molecular formula is C8H4ClF3O2. The molecule has 14 heavy (non-hydrogen) atoms. The van der Waals surface area contributed by atoms with Crippen LogP contribution in [0.5, 0.6) is 5.75 Å². The summed E-state index contributed by atoms with van der Waals surface area (Å²) in [5.74, 6) is -1.68. The Balaban J connectivity index is 3.02. The first-order chi connectivity index (χ1) is 6.50. The second kappa shape index (κ2) is 4.32. The molecule has 1 aromatic rings. The van der Waals surface area contributed by atoms with Crippen molar-refractivity contribution in [2.75, 3.05) is 0 Å². The van der Waals surface area contributed by atoms with Crippen molar-refractivity contribution >= 4 is 16.8 Å². The van der Waals surface area contributed by atoms with E-state index < -0.39 is 23.4 Å². The Hall–Kier alpha value is -1.23. The Morgan fingerprint density at radius 3 is 2.57 bits per heavy atom. The summed E-state index contributed by atoms with van der Waals surface area (Å²) in [6.45, 7) is -3.15. The van der Waals surface area contributed by atoms with Gasteiger partial charge in [0.25, 0.3) is 5.24 Å². The molecule has 0 amide bonds. The van der Waals surface area contributed by atoms with Crippen molar-refractivity contribution < 1.29 is 22.7 Å². The summed E-state index contributed by atoms with van der Waals surface area (Å²) in [5.41, 5.74) is -0.108. The van der Waals surface area contributed by atoms with Gasteiger partial charge < -0.3 is 4.74 Å². The standard InChI is InChI=1S/C8H4ClF3O2/c9-7(13)4-1-2-5(10)6(3-4)14-8(11)12/h1-3,8H. The van der Waals surface area contributed by atoms with Crippen molar-refractivity contribution in [3.63, 3.8) is 0 Å². The highest BCUT2D eigenvalue weighted by Crippen LogP contribution is 2.21. The van der Waals surface area contributed by atoms with Gasteiger partial charge in [0.2, 0.25) is 0 Å². The topological polar surface area (TPSA) is 26.3 Å². The molecule has 0 aromatic heterocycles. The number of ether oxygens (including phenoxy) is 1. The Kier molecular flexibility index (Phi) is 3.35. The van der Waals surface area contributed by atoms with E-state index in [9.17, 15) is 18.0 Å². The van der Waals surface area contributed by atoms with Gasteiger partial charge in [-0.1, -0.05) is 0 Å². The van der Waals surface area contributed by atoms with E-state index in [1.54, 1.807) is 0 Å². The fourth-order valence-electron chi connectivity index (χ4n) is 0.812. The Morgan fingerprint density at radius 1 is 1.43 bits per heavy atom. The van der Waals surface area contributed by atoms with Crippen LogP contribution in [0.15, 0.2) is 18.2 Å². The van der Waals surface area contributed by atoms with Crippen LogP contribution in [-0.2, 0) is 0 Å². The van der Waals surface area contributed by atoms with Gasteiger partial charge in [0.15, 0.2) is 11.6 Å². The average molecular weight is 225 g/mol. The van der Waals surface area contributed by atoms with Gasteiger partial charge in [-0.2, -0.15) is 8.78 Å². The summed E-state index contributed by atoms with van der Waals surface area (Å²) in [7, 11) is 0. The predicted molar refractivity (Wildman–Crippen MR) is 43.2 cm³/mol. The van der Waals surface area contributed by atoms with E-state index in [0.717, 1.165) is 18.2 Å². The van der Waals surface area contributed by atoms with Crippen LogP contribution in [0.3, 0.4) is 0 Å². The molecule has 0 aliphatic rings. The number of carbonyl (C=O) groups excluding carboxylic acids is 1. The quantitative estimate of drug-likeness (QED) is 0.738. The smallest absolute Gasteiger partial charge is 0.387 e. The van der Waals surface area contributed by atoms with Crippen LogP contribution in [0.25, 0.3) is 0 Å². The molecule has 0 spiro atoms. The van der Waals surface area contributed by atoms with E-state index in [1.807, 2.05) is 0 Å². The van der Waals surface area contributed by atoms with E-state index in [1.165, 1.54) is 0 Å². The Labute approximate surface area is 82.2 Å². The third kappa shape index (κ3) is 2.63. The lowest BCUT2D eigenvalue weighted by molar-refractivity contribution is -0.0522. The number of benzene rings is 1. The van der Waals surface area contributed by atoms with Gasteiger partial charge in [-0.05, 0) is 29.8 Å². The van der Waals surface area contributed by atoms with Crippen molar-refractivity contribution in [3.05, 3.63) is 29.6 Å². The average Bonchev–Trinajstić information content (AvgIpc) is 2.07. The molecule has 1 aromatic carbocycles. The van der Waals surface area contributed by atoms with E-state index in [-0.39, 0.29) is 5.56 Å². The maximum absolute atomic E-state index is 12.8. The van der Waals surface area contributed by atoms with Crippen LogP contribution < -0.4 is 4.74 Å². The predicted octanol–water partition coefficient (Wildman–Crippen LogP) is 2.81. The van der Waals surface area contributed by atoms with Crippen LogP contribution in [0.4, 0.5) is 13.2 Å². The van der Waals surface area contributed by atoms with Crippen molar-refractivity contribution in [2.24, 2.45) is 0 Å². The van der Waals surface area contributed by atoms with Crippen LogP contribution >= 0.6 is 11.6 Å². The van der Waals surface area contributed by atoms with E-state index in [4.69, 9.17) is 11.6 Å². The van der Waals surface area contributed by atoms with Crippen LogP contribution in [0.1, 0.15) is 10.4 Å². The number of hydrogen-bond acceptors (Lipinski definition) is 2. The number of halogens is 4. The summed E-state index contributed by atoms with van der Waals surface area (Å²) in [6, 6.07) is 2.72. The molecule has 2 nitrogen and oxygen atoms in total. The van der Waals surface area contributed by atoms with Gasteiger partial charge in [0, 0.05) is 5.56 Å². The highest BCUT2D eigenvalue weighted by atomic mass is 35.5. The van der Waals surface area contributed by atoms with Crippen LogP contribution in [-0.4, -0.2) is 11.9 Å². The second-order valence-electron chi connectivity index (χ2n) is 2.30. The molecule has 0 atom stereocenters. The highest BCUT2D eigenvalue weighted by Gasteiger charge is 2.12. The second-order valence-corrected chi connectivity index (χ2v) is 2.64. The Morgan fingerprint density at radius 2 is 2.07 bits per heavy atom. The number of alkyl halides is 2. The molecule has 0 N–H and O–H groups in total. The fraction of sp³-hybridized carbons (Fsp3) is 0.125. The van der Waals surface area contributed by atoms with Gasteiger partial charge in [-0.15, -0.1) is 0 Å². The third-order valence-electron chi connectivity index (χ3n) is 1.37. The molecule has 0 unspecified atom stereocenters. The summed E-state index contributed by atoms with van der Waals surface area (Å²) in [6.07, 6.45) is 0. The molecule has 0 aliphatic heterocycles. The molecule has 1 rings (SSSR count). The molecule has 0 heterocycles. The van der Waals surface area contributed by atoms with Crippen molar-refractivity contribution in [1.82, 2.24) is 0 Å². The fourth-order valence-corrected chi connectivity index (χ4v) is 0.929. The van der Waals surface area contributed by atoms with Gasteiger partial charge in [-0.25, -0.2) is 4.39 Å². The van der Waals surface area contributed by atoms with Crippen LogP contribution in [0, 0.1) is 5.82 Å². The van der Waals surface area contributed by atoms with Crippen molar-refractivity contribution in [1.29, 1.82) is 0 Å².